The van der Waals surface area contributed by atoms with E-state index in [0.717, 1.165) is 5.56 Å². The number of aliphatic carboxylic acids is 1. The lowest BCUT2D eigenvalue weighted by atomic mass is 10.0. The van der Waals surface area contributed by atoms with E-state index in [0.29, 0.717) is 22.3 Å². The van der Waals surface area contributed by atoms with Crippen LogP contribution in [0.15, 0.2) is 47.1 Å². The quantitative estimate of drug-likeness (QED) is 0.854. The van der Waals surface area contributed by atoms with Crippen LogP contribution in [0, 0.1) is 5.92 Å². The Morgan fingerprint density at radius 2 is 2.09 bits per heavy atom. The van der Waals surface area contributed by atoms with Gasteiger partial charge in [-0.3, -0.25) is 14.6 Å². The normalized spacial score (nSPS) is 11.7. The minimum absolute atomic E-state index is 0.298. The Bertz CT molecular complexity index is 689. The van der Waals surface area contributed by atoms with E-state index < -0.39 is 11.9 Å². The first kappa shape index (κ1) is 16.2. The summed E-state index contributed by atoms with van der Waals surface area (Å²) in [5, 5.41) is 11.7. The standard InChI is InChI=1S/C16H15BrN2O3/c1-10(16(21)22)8-11-5-6-13(12(17)9-11)19-15(20)14-4-2-3-7-18-14/h2-7,9-10H,8H2,1H3,(H,19,20)(H,21,22). The van der Waals surface area contributed by atoms with E-state index in [4.69, 9.17) is 5.11 Å². The molecule has 2 N–H and O–H groups in total. The fourth-order valence-electron chi connectivity index (χ4n) is 1.91. The summed E-state index contributed by atoms with van der Waals surface area (Å²) in [6, 6.07) is 10.5. The number of hydrogen-bond donors (Lipinski definition) is 2. The van der Waals surface area contributed by atoms with Crippen molar-refractivity contribution in [2.24, 2.45) is 5.92 Å². The van der Waals surface area contributed by atoms with Gasteiger partial charge in [-0.05, 0) is 52.2 Å². The monoisotopic (exact) mass is 362 g/mol. The second-order valence-corrected chi connectivity index (χ2v) is 5.78. The molecule has 2 rings (SSSR count). The lowest BCUT2D eigenvalue weighted by molar-refractivity contribution is -0.141. The summed E-state index contributed by atoms with van der Waals surface area (Å²) in [5.74, 6) is -1.59. The van der Waals surface area contributed by atoms with Crippen LogP contribution in [0.5, 0.6) is 0 Å². The topological polar surface area (TPSA) is 79.3 Å². The van der Waals surface area contributed by atoms with Gasteiger partial charge >= 0.3 is 5.97 Å². The second kappa shape index (κ2) is 7.17. The Hall–Kier alpha value is -2.21. The van der Waals surface area contributed by atoms with Gasteiger partial charge in [0.05, 0.1) is 11.6 Å². The Balaban J connectivity index is 2.10. The highest BCUT2D eigenvalue weighted by atomic mass is 79.9. The first-order chi connectivity index (χ1) is 10.5. The number of rotatable bonds is 5. The lowest BCUT2D eigenvalue weighted by Crippen LogP contribution is -2.14. The molecular weight excluding hydrogens is 348 g/mol. The summed E-state index contributed by atoms with van der Waals surface area (Å²) in [4.78, 5) is 26.9. The molecule has 0 aliphatic carbocycles. The molecule has 0 aliphatic heterocycles. The number of benzene rings is 1. The molecule has 1 aromatic heterocycles. The molecule has 0 aliphatic rings. The van der Waals surface area contributed by atoms with Crippen molar-refractivity contribution in [1.82, 2.24) is 4.98 Å². The number of carbonyl (C=O) groups is 2. The molecule has 0 fully saturated rings. The van der Waals surface area contributed by atoms with Crippen molar-refractivity contribution in [1.29, 1.82) is 0 Å². The van der Waals surface area contributed by atoms with Crippen LogP contribution in [-0.2, 0) is 11.2 Å². The maximum atomic E-state index is 12.0. The number of amides is 1. The minimum Gasteiger partial charge on any atom is -0.481 e. The largest absolute Gasteiger partial charge is 0.481 e. The number of hydrogen-bond acceptors (Lipinski definition) is 3. The molecule has 0 radical (unpaired) electrons. The second-order valence-electron chi connectivity index (χ2n) is 4.93. The average Bonchev–Trinajstić information content (AvgIpc) is 2.50. The van der Waals surface area contributed by atoms with Gasteiger partial charge < -0.3 is 10.4 Å². The number of nitrogens with zero attached hydrogens (tertiary/aromatic N) is 1. The fraction of sp³-hybridized carbons (Fsp3) is 0.188. The molecule has 0 saturated carbocycles. The summed E-state index contributed by atoms with van der Waals surface area (Å²) in [6.45, 7) is 1.66. The Morgan fingerprint density at radius 1 is 1.32 bits per heavy atom. The van der Waals surface area contributed by atoms with E-state index in [-0.39, 0.29) is 5.91 Å². The highest BCUT2D eigenvalue weighted by Gasteiger charge is 2.13. The number of halogens is 1. The molecule has 1 amide bonds. The van der Waals surface area contributed by atoms with E-state index in [1.54, 1.807) is 43.5 Å². The molecule has 2 aromatic rings. The highest BCUT2D eigenvalue weighted by Crippen LogP contribution is 2.25. The summed E-state index contributed by atoms with van der Waals surface area (Å²) in [7, 11) is 0. The molecule has 22 heavy (non-hydrogen) atoms. The molecule has 6 heteroatoms. The van der Waals surface area contributed by atoms with Crippen molar-refractivity contribution in [3.05, 3.63) is 58.3 Å². The number of nitrogens with one attached hydrogen (secondary N) is 1. The third kappa shape index (κ3) is 4.14. The van der Waals surface area contributed by atoms with Gasteiger partial charge in [-0.1, -0.05) is 19.1 Å². The van der Waals surface area contributed by atoms with Gasteiger partial charge in [0.1, 0.15) is 5.69 Å². The van der Waals surface area contributed by atoms with Crippen LogP contribution in [0.4, 0.5) is 5.69 Å². The maximum absolute atomic E-state index is 12.0. The summed E-state index contributed by atoms with van der Waals surface area (Å²) < 4.78 is 0.701. The fourth-order valence-corrected chi connectivity index (χ4v) is 2.44. The van der Waals surface area contributed by atoms with Crippen LogP contribution < -0.4 is 5.32 Å². The molecule has 0 bridgehead atoms. The van der Waals surface area contributed by atoms with Gasteiger partial charge in [-0.25, -0.2) is 0 Å². The first-order valence-corrected chi connectivity index (χ1v) is 7.50. The van der Waals surface area contributed by atoms with E-state index in [1.807, 2.05) is 6.07 Å². The number of carboxylic acid groups (broad SMARTS) is 1. The van der Waals surface area contributed by atoms with E-state index in [1.165, 1.54) is 0 Å². The molecule has 0 spiro atoms. The maximum Gasteiger partial charge on any atom is 0.306 e. The highest BCUT2D eigenvalue weighted by molar-refractivity contribution is 9.10. The van der Waals surface area contributed by atoms with Gasteiger partial charge in [0.2, 0.25) is 0 Å². The summed E-state index contributed by atoms with van der Waals surface area (Å²) in [6.07, 6.45) is 1.99. The predicted octanol–water partition coefficient (Wildman–Crippen LogP) is 3.36. The number of carboxylic acids is 1. The predicted molar refractivity (Wildman–Crippen MR) is 86.8 cm³/mol. The van der Waals surface area contributed by atoms with Crippen LogP contribution in [0.2, 0.25) is 0 Å². The lowest BCUT2D eigenvalue weighted by Gasteiger charge is -2.10. The number of anilines is 1. The first-order valence-electron chi connectivity index (χ1n) is 6.71. The van der Waals surface area contributed by atoms with Crippen LogP contribution in [0.1, 0.15) is 23.0 Å². The van der Waals surface area contributed by atoms with Crippen LogP contribution in [-0.4, -0.2) is 22.0 Å². The van der Waals surface area contributed by atoms with Crippen molar-refractivity contribution in [2.75, 3.05) is 5.32 Å². The van der Waals surface area contributed by atoms with Gasteiger partial charge in [-0.15, -0.1) is 0 Å². The molecular formula is C16H15BrN2O3. The number of pyridine rings is 1. The Morgan fingerprint density at radius 3 is 2.68 bits per heavy atom. The molecule has 114 valence electrons. The molecule has 1 atom stereocenters. The zero-order valence-corrected chi connectivity index (χ0v) is 13.5. The van der Waals surface area contributed by atoms with E-state index >= 15 is 0 Å². The van der Waals surface area contributed by atoms with E-state index in [2.05, 4.69) is 26.2 Å². The zero-order chi connectivity index (χ0) is 16.1. The summed E-state index contributed by atoms with van der Waals surface area (Å²) >= 11 is 3.39. The third-order valence-corrected chi connectivity index (χ3v) is 3.80. The SMILES string of the molecule is CC(Cc1ccc(NC(=O)c2ccccn2)c(Br)c1)C(=O)O. The van der Waals surface area contributed by atoms with Crippen molar-refractivity contribution < 1.29 is 14.7 Å². The van der Waals surface area contributed by atoms with E-state index in [9.17, 15) is 9.59 Å². The third-order valence-electron chi connectivity index (χ3n) is 3.14. The molecule has 5 nitrogen and oxygen atoms in total. The van der Waals surface area contributed by atoms with Gasteiger partial charge in [0.25, 0.3) is 5.91 Å². The molecule has 1 heterocycles. The molecule has 1 aromatic carbocycles. The Labute approximate surface area is 136 Å². The number of aromatic nitrogens is 1. The van der Waals surface area contributed by atoms with Crippen LogP contribution in [0.25, 0.3) is 0 Å². The van der Waals surface area contributed by atoms with Crippen molar-refractivity contribution in [3.63, 3.8) is 0 Å². The van der Waals surface area contributed by atoms with Crippen molar-refractivity contribution >= 4 is 33.5 Å². The molecule has 0 saturated heterocycles. The zero-order valence-electron chi connectivity index (χ0n) is 11.9. The van der Waals surface area contributed by atoms with Crippen molar-refractivity contribution in [3.8, 4) is 0 Å². The number of carbonyl (C=O) groups excluding carboxylic acids is 1. The minimum atomic E-state index is -0.830. The Kier molecular flexibility index (Phi) is 5.27. The molecule has 1 unspecified atom stereocenters. The van der Waals surface area contributed by atoms with Gasteiger partial charge in [0.15, 0.2) is 0 Å². The van der Waals surface area contributed by atoms with Gasteiger partial charge in [0, 0.05) is 10.7 Å². The summed E-state index contributed by atoms with van der Waals surface area (Å²) in [5.41, 5.74) is 1.83. The average molecular weight is 363 g/mol. The van der Waals surface area contributed by atoms with Gasteiger partial charge in [-0.2, -0.15) is 0 Å². The van der Waals surface area contributed by atoms with Crippen LogP contribution >= 0.6 is 15.9 Å². The van der Waals surface area contributed by atoms with Crippen molar-refractivity contribution in [2.45, 2.75) is 13.3 Å². The van der Waals surface area contributed by atoms with Crippen LogP contribution in [0.3, 0.4) is 0 Å². The smallest absolute Gasteiger partial charge is 0.306 e.